The molecule has 0 aliphatic rings. The molecular formula is C7H9FN2. The van der Waals surface area contributed by atoms with Crippen molar-refractivity contribution in [3.05, 3.63) is 23.6 Å². The summed E-state index contributed by atoms with van der Waals surface area (Å²) in [7, 11) is 1.75. The topological polar surface area (TPSA) is 24.9 Å². The zero-order valence-corrected chi connectivity index (χ0v) is 5.98. The van der Waals surface area contributed by atoms with E-state index in [1.165, 1.54) is 6.07 Å². The lowest BCUT2D eigenvalue weighted by Crippen LogP contribution is -1.95. The summed E-state index contributed by atoms with van der Waals surface area (Å²) in [5, 5.41) is 2.82. The van der Waals surface area contributed by atoms with E-state index in [9.17, 15) is 4.39 Å². The Kier molecular flexibility index (Phi) is 1.85. The molecule has 54 valence electrons. The van der Waals surface area contributed by atoms with E-state index in [-0.39, 0.29) is 5.82 Å². The zero-order valence-electron chi connectivity index (χ0n) is 5.98. The molecule has 1 N–H and O–H groups in total. The molecule has 0 unspecified atom stereocenters. The van der Waals surface area contributed by atoms with Crippen LogP contribution in [0.2, 0.25) is 0 Å². The molecular weight excluding hydrogens is 131 g/mol. The first-order chi connectivity index (χ1) is 4.74. The molecule has 0 atom stereocenters. The van der Waals surface area contributed by atoms with Crippen LogP contribution in [0.3, 0.4) is 0 Å². The molecule has 0 saturated heterocycles. The Hall–Kier alpha value is -1.12. The van der Waals surface area contributed by atoms with Gasteiger partial charge in [0.1, 0.15) is 11.6 Å². The average Bonchev–Trinajstić information content (AvgIpc) is 1.95. The van der Waals surface area contributed by atoms with Gasteiger partial charge in [0, 0.05) is 7.05 Å². The van der Waals surface area contributed by atoms with Crippen molar-refractivity contribution in [2.75, 3.05) is 12.4 Å². The summed E-state index contributed by atoms with van der Waals surface area (Å²) in [6.45, 7) is 1.64. The summed E-state index contributed by atoms with van der Waals surface area (Å²) in [4.78, 5) is 3.91. The number of pyridine rings is 1. The van der Waals surface area contributed by atoms with Crippen molar-refractivity contribution < 1.29 is 4.39 Å². The van der Waals surface area contributed by atoms with Gasteiger partial charge < -0.3 is 5.32 Å². The SMILES string of the molecule is CNc1ccc(F)c(C)n1. The largest absolute Gasteiger partial charge is 0.373 e. The fraction of sp³-hybridized carbons (Fsp3) is 0.286. The molecule has 2 nitrogen and oxygen atoms in total. The van der Waals surface area contributed by atoms with Crippen LogP contribution in [0.4, 0.5) is 10.2 Å². The van der Waals surface area contributed by atoms with E-state index >= 15 is 0 Å². The van der Waals surface area contributed by atoms with Crippen LogP contribution in [0.1, 0.15) is 5.69 Å². The van der Waals surface area contributed by atoms with Gasteiger partial charge in [0.25, 0.3) is 0 Å². The fourth-order valence-electron chi connectivity index (χ4n) is 0.683. The average molecular weight is 140 g/mol. The zero-order chi connectivity index (χ0) is 7.56. The molecule has 1 rings (SSSR count). The highest BCUT2D eigenvalue weighted by molar-refractivity contribution is 5.34. The highest BCUT2D eigenvalue weighted by Crippen LogP contribution is 2.06. The first kappa shape index (κ1) is 6.99. The lowest BCUT2D eigenvalue weighted by molar-refractivity contribution is 0.610. The molecule has 1 aromatic heterocycles. The Morgan fingerprint density at radius 1 is 1.50 bits per heavy atom. The summed E-state index contributed by atoms with van der Waals surface area (Å²) in [6, 6.07) is 3.00. The fourth-order valence-corrected chi connectivity index (χ4v) is 0.683. The molecule has 0 aliphatic heterocycles. The van der Waals surface area contributed by atoms with E-state index < -0.39 is 0 Å². The van der Waals surface area contributed by atoms with Crippen molar-refractivity contribution in [1.29, 1.82) is 0 Å². The standard InChI is InChI=1S/C7H9FN2/c1-5-6(8)3-4-7(9-2)10-5/h3-4H,1-2H3,(H,9,10). The number of nitrogens with zero attached hydrogens (tertiary/aromatic N) is 1. The van der Waals surface area contributed by atoms with Gasteiger partial charge in [-0.2, -0.15) is 0 Å². The quantitative estimate of drug-likeness (QED) is 0.640. The highest BCUT2D eigenvalue weighted by Gasteiger charge is 1.96. The number of hydrogen-bond donors (Lipinski definition) is 1. The van der Waals surface area contributed by atoms with Gasteiger partial charge >= 0.3 is 0 Å². The van der Waals surface area contributed by atoms with Gasteiger partial charge in [0.05, 0.1) is 5.69 Å². The third-order valence-corrected chi connectivity index (χ3v) is 1.28. The minimum atomic E-state index is -0.265. The predicted molar refractivity (Wildman–Crippen MR) is 38.5 cm³/mol. The van der Waals surface area contributed by atoms with Crippen molar-refractivity contribution in [3.63, 3.8) is 0 Å². The van der Waals surface area contributed by atoms with E-state index in [1.54, 1.807) is 20.0 Å². The minimum Gasteiger partial charge on any atom is -0.373 e. The lowest BCUT2D eigenvalue weighted by Gasteiger charge is -1.99. The van der Waals surface area contributed by atoms with Gasteiger partial charge in [0.15, 0.2) is 0 Å². The molecule has 0 amide bonds. The summed E-state index contributed by atoms with van der Waals surface area (Å²) in [5.74, 6) is 0.429. The van der Waals surface area contributed by atoms with Crippen LogP contribution in [0.5, 0.6) is 0 Å². The monoisotopic (exact) mass is 140 g/mol. The second-order valence-electron chi connectivity index (χ2n) is 2.01. The van der Waals surface area contributed by atoms with Gasteiger partial charge in [-0.25, -0.2) is 9.37 Å². The van der Waals surface area contributed by atoms with Crippen LogP contribution < -0.4 is 5.32 Å². The van der Waals surface area contributed by atoms with Crippen molar-refractivity contribution in [2.45, 2.75) is 6.92 Å². The van der Waals surface area contributed by atoms with Gasteiger partial charge in [0.2, 0.25) is 0 Å². The second-order valence-corrected chi connectivity index (χ2v) is 2.01. The molecule has 3 heteroatoms. The molecule has 0 spiro atoms. The molecule has 1 heterocycles. The van der Waals surface area contributed by atoms with Crippen LogP contribution in [-0.2, 0) is 0 Å². The van der Waals surface area contributed by atoms with Crippen molar-refractivity contribution in [1.82, 2.24) is 4.98 Å². The van der Waals surface area contributed by atoms with E-state index in [2.05, 4.69) is 10.3 Å². The predicted octanol–water partition coefficient (Wildman–Crippen LogP) is 1.57. The number of halogens is 1. The Morgan fingerprint density at radius 2 is 2.20 bits per heavy atom. The Morgan fingerprint density at radius 3 is 2.70 bits per heavy atom. The van der Waals surface area contributed by atoms with Crippen molar-refractivity contribution in [2.24, 2.45) is 0 Å². The summed E-state index contributed by atoms with van der Waals surface area (Å²) < 4.78 is 12.5. The van der Waals surface area contributed by atoms with Gasteiger partial charge in [-0.05, 0) is 19.1 Å². The number of rotatable bonds is 1. The van der Waals surface area contributed by atoms with Gasteiger partial charge in [-0.3, -0.25) is 0 Å². The van der Waals surface area contributed by atoms with E-state index in [0.29, 0.717) is 11.5 Å². The first-order valence-electron chi connectivity index (χ1n) is 3.05. The van der Waals surface area contributed by atoms with E-state index in [4.69, 9.17) is 0 Å². The highest BCUT2D eigenvalue weighted by atomic mass is 19.1. The molecule has 0 aromatic carbocycles. The molecule has 10 heavy (non-hydrogen) atoms. The second kappa shape index (κ2) is 2.64. The van der Waals surface area contributed by atoms with E-state index in [0.717, 1.165) is 0 Å². The number of aromatic nitrogens is 1. The molecule has 0 bridgehead atoms. The first-order valence-corrected chi connectivity index (χ1v) is 3.05. The molecule has 0 fully saturated rings. The summed E-state index contributed by atoms with van der Waals surface area (Å²) in [5.41, 5.74) is 0.423. The molecule has 0 saturated carbocycles. The van der Waals surface area contributed by atoms with Gasteiger partial charge in [-0.1, -0.05) is 0 Å². The third kappa shape index (κ3) is 1.23. The Balaban J connectivity index is 3.04. The number of hydrogen-bond acceptors (Lipinski definition) is 2. The van der Waals surface area contributed by atoms with Crippen LogP contribution >= 0.6 is 0 Å². The van der Waals surface area contributed by atoms with E-state index in [1.807, 2.05) is 0 Å². The smallest absolute Gasteiger partial charge is 0.144 e. The minimum absolute atomic E-state index is 0.265. The lowest BCUT2D eigenvalue weighted by atomic mass is 10.3. The van der Waals surface area contributed by atoms with Crippen molar-refractivity contribution >= 4 is 5.82 Å². The maximum atomic E-state index is 12.5. The number of anilines is 1. The summed E-state index contributed by atoms with van der Waals surface area (Å²) >= 11 is 0. The molecule has 0 aliphatic carbocycles. The van der Waals surface area contributed by atoms with Crippen LogP contribution in [0.25, 0.3) is 0 Å². The van der Waals surface area contributed by atoms with Crippen molar-refractivity contribution in [3.8, 4) is 0 Å². The van der Waals surface area contributed by atoms with Gasteiger partial charge in [-0.15, -0.1) is 0 Å². The number of nitrogens with one attached hydrogen (secondary N) is 1. The Labute approximate surface area is 59.1 Å². The van der Waals surface area contributed by atoms with Crippen LogP contribution in [-0.4, -0.2) is 12.0 Å². The Bertz CT molecular complexity index is 235. The normalized spacial score (nSPS) is 9.50. The maximum Gasteiger partial charge on any atom is 0.144 e. The third-order valence-electron chi connectivity index (χ3n) is 1.28. The van der Waals surface area contributed by atoms with Crippen LogP contribution in [0, 0.1) is 12.7 Å². The number of aryl methyl sites for hydroxylation is 1. The molecule has 1 aromatic rings. The maximum absolute atomic E-state index is 12.5. The molecule has 0 radical (unpaired) electrons. The summed E-state index contributed by atoms with van der Waals surface area (Å²) in [6.07, 6.45) is 0. The van der Waals surface area contributed by atoms with Crippen LogP contribution in [0.15, 0.2) is 12.1 Å².